The summed E-state index contributed by atoms with van der Waals surface area (Å²) in [5.41, 5.74) is 3.58. The average Bonchev–Trinajstić information content (AvgIpc) is 2.88. The molecule has 1 heterocycles. The predicted octanol–water partition coefficient (Wildman–Crippen LogP) is 1.85. The molecular formula is C17H20N4O4. The first-order valence-corrected chi connectivity index (χ1v) is 7.61. The molecule has 2 rings (SSSR count). The number of benzene rings is 1. The summed E-state index contributed by atoms with van der Waals surface area (Å²) in [6.45, 7) is 5.03. The molecule has 0 unspecified atom stereocenters. The van der Waals surface area contributed by atoms with Gasteiger partial charge in [0.25, 0.3) is 5.91 Å². The number of nitrogens with zero attached hydrogens (tertiary/aromatic N) is 2. The lowest BCUT2D eigenvalue weighted by Gasteiger charge is -2.09. The van der Waals surface area contributed by atoms with Crippen molar-refractivity contribution in [2.24, 2.45) is 7.05 Å². The number of rotatable bonds is 4. The SMILES string of the molecule is Cc1ccc(NC(=O)NC(=O)COC(=O)c2cnn(C)c2C)cc1C. The maximum Gasteiger partial charge on any atom is 0.342 e. The third-order valence-corrected chi connectivity index (χ3v) is 3.81. The minimum absolute atomic E-state index is 0.273. The number of nitrogens with one attached hydrogen (secondary N) is 2. The minimum Gasteiger partial charge on any atom is -0.452 e. The van der Waals surface area contributed by atoms with Gasteiger partial charge >= 0.3 is 12.0 Å². The van der Waals surface area contributed by atoms with E-state index in [4.69, 9.17) is 4.74 Å². The first kappa shape index (κ1) is 18.2. The molecule has 0 aliphatic carbocycles. The highest BCUT2D eigenvalue weighted by atomic mass is 16.5. The summed E-state index contributed by atoms with van der Waals surface area (Å²) >= 11 is 0. The van der Waals surface area contributed by atoms with E-state index in [1.54, 1.807) is 26.1 Å². The van der Waals surface area contributed by atoms with Gasteiger partial charge in [0.15, 0.2) is 6.61 Å². The first-order chi connectivity index (χ1) is 11.8. The van der Waals surface area contributed by atoms with E-state index in [-0.39, 0.29) is 5.56 Å². The van der Waals surface area contributed by atoms with Gasteiger partial charge in [0, 0.05) is 18.4 Å². The highest BCUT2D eigenvalue weighted by Crippen LogP contribution is 2.13. The van der Waals surface area contributed by atoms with E-state index in [9.17, 15) is 14.4 Å². The number of carbonyl (C=O) groups is 3. The lowest BCUT2D eigenvalue weighted by atomic mass is 10.1. The molecule has 1 aromatic heterocycles. The second-order valence-electron chi connectivity index (χ2n) is 5.64. The van der Waals surface area contributed by atoms with Crippen LogP contribution in [0.1, 0.15) is 27.2 Å². The number of amides is 3. The predicted molar refractivity (Wildman–Crippen MR) is 91.3 cm³/mol. The van der Waals surface area contributed by atoms with Gasteiger partial charge in [0.2, 0.25) is 0 Å². The molecule has 2 aromatic rings. The molecule has 0 spiro atoms. The van der Waals surface area contributed by atoms with Crippen LogP contribution in [0.25, 0.3) is 0 Å². The number of hydrogen-bond acceptors (Lipinski definition) is 5. The Morgan fingerprint density at radius 3 is 2.48 bits per heavy atom. The lowest BCUT2D eigenvalue weighted by Crippen LogP contribution is -2.37. The van der Waals surface area contributed by atoms with Gasteiger partial charge in [-0.05, 0) is 44.0 Å². The molecule has 0 aliphatic heterocycles. The number of hydrogen-bond donors (Lipinski definition) is 2. The number of imide groups is 1. The zero-order valence-corrected chi connectivity index (χ0v) is 14.5. The smallest absolute Gasteiger partial charge is 0.342 e. The van der Waals surface area contributed by atoms with Crippen molar-refractivity contribution in [3.8, 4) is 0 Å². The van der Waals surface area contributed by atoms with E-state index >= 15 is 0 Å². The Labute approximate surface area is 145 Å². The zero-order valence-electron chi connectivity index (χ0n) is 14.5. The van der Waals surface area contributed by atoms with Crippen LogP contribution in [0.4, 0.5) is 10.5 Å². The highest BCUT2D eigenvalue weighted by molar-refractivity contribution is 6.02. The second-order valence-corrected chi connectivity index (χ2v) is 5.64. The Hall–Kier alpha value is -3.16. The summed E-state index contributed by atoms with van der Waals surface area (Å²) in [6.07, 6.45) is 1.36. The van der Waals surface area contributed by atoms with E-state index in [1.165, 1.54) is 10.9 Å². The van der Waals surface area contributed by atoms with Crippen LogP contribution in [-0.2, 0) is 16.6 Å². The quantitative estimate of drug-likeness (QED) is 0.824. The molecule has 1 aromatic carbocycles. The Morgan fingerprint density at radius 2 is 1.88 bits per heavy atom. The largest absolute Gasteiger partial charge is 0.452 e. The van der Waals surface area contributed by atoms with Gasteiger partial charge in [-0.15, -0.1) is 0 Å². The van der Waals surface area contributed by atoms with Crippen molar-refractivity contribution in [2.75, 3.05) is 11.9 Å². The molecule has 0 radical (unpaired) electrons. The fourth-order valence-corrected chi connectivity index (χ4v) is 2.05. The monoisotopic (exact) mass is 344 g/mol. The molecule has 0 fully saturated rings. The van der Waals surface area contributed by atoms with Crippen LogP contribution >= 0.6 is 0 Å². The number of aromatic nitrogens is 2. The summed E-state index contributed by atoms with van der Waals surface area (Å²) in [4.78, 5) is 35.4. The van der Waals surface area contributed by atoms with Crippen LogP contribution in [-0.4, -0.2) is 34.3 Å². The van der Waals surface area contributed by atoms with E-state index in [0.29, 0.717) is 11.4 Å². The number of urea groups is 1. The van der Waals surface area contributed by atoms with E-state index in [0.717, 1.165) is 11.1 Å². The Morgan fingerprint density at radius 1 is 1.16 bits per heavy atom. The van der Waals surface area contributed by atoms with E-state index < -0.39 is 24.5 Å². The average molecular weight is 344 g/mol. The summed E-state index contributed by atoms with van der Waals surface area (Å²) in [6, 6.07) is 4.70. The molecule has 0 saturated carbocycles. The van der Waals surface area contributed by atoms with Crippen LogP contribution in [0.2, 0.25) is 0 Å². The summed E-state index contributed by atoms with van der Waals surface area (Å²) in [5.74, 6) is -1.40. The minimum atomic E-state index is -0.726. The van der Waals surface area contributed by atoms with Crippen molar-refractivity contribution in [2.45, 2.75) is 20.8 Å². The van der Waals surface area contributed by atoms with Gasteiger partial charge in [-0.3, -0.25) is 14.8 Å². The number of anilines is 1. The lowest BCUT2D eigenvalue weighted by molar-refractivity contribution is -0.123. The fourth-order valence-electron chi connectivity index (χ4n) is 2.05. The van der Waals surface area contributed by atoms with Crippen LogP contribution in [0.3, 0.4) is 0 Å². The van der Waals surface area contributed by atoms with Crippen molar-refractivity contribution in [1.29, 1.82) is 0 Å². The van der Waals surface area contributed by atoms with Crippen LogP contribution in [0.15, 0.2) is 24.4 Å². The number of ether oxygens (including phenoxy) is 1. The maximum absolute atomic E-state index is 11.9. The van der Waals surface area contributed by atoms with Gasteiger partial charge in [-0.2, -0.15) is 5.10 Å². The van der Waals surface area contributed by atoms with Gasteiger partial charge in [-0.25, -0.2) is 9.59 Å². The molecule has 8 nitrogen and oxygen atoms in total. The van der Waals surface area contributed by atoms with Gasteiger partial charge in [-0.1, -0.05) is 6.07 Å². The topological polar surface area (TPSA) is 102 Å². The summed E-state index contributed by atoms with van der Waals surface area (Å²) < 4.78 is 6.41. The Kier molecular flexibility index (Phi) is 5.53. The normalized spacial score (nSPS) is 10.2. The molecule has 0 atom stereocenters. The number of esters is 1. The maximum atomic E-state index is 11.9. The number of aryl methyl sites for hydroxylation is 3. The van der Waals surface area contributed by atoms with Crippen LogP contribution < -0.4 is 10.6 Å². The molecule has 132 valence electrons. The summed E-state index contributed by atoms with van der Waals surface area (Å²) in [5, 5.41) is 8.57. The molecule has 8 heteroatoms. The van der Waals surface area contributed by atoms with E-state index in [1.807, 2.05) is 19.9 Å². The fraction of sp³-hybridized carbons (Fsp3) is 0.294. The second kappa shape index (κ2) is 7.61. The van der Waals surface area contributed by atoms with Crippen LogP contribution in [0, 0.1) is 20.8 Å². The number of carbonyl (C=O) groups excluding carboxylic acids is 3. The van der Waals surface area contributed by atoms with Gasteiger partial charge in [0.05, 0.1) is 6.20 Å². The van der Waals surface area contributed by atoms with Crippen molar-refractivity contribution in [3.05, 3.63) is 46.8 Å². The molecule has 2 N–H and O–H groups in total. The molecule has 0 saturated heterocycles. The standard InChI is InChI=1S/C17H20N4O4/c1-10-5-6-13(7-11(10)2)19-17(24)20-15(22)9-25-16(23)14-8-18-21(4)12(14)3/h5-8H,9H2,1-4H3,(H2,19,20,22,24). The summed E-state index contributed by atoms with van der Waals surface area (Å²) in [7, 11) is 1.69. The highest BCUT2D eigenvalue weighted by Gasteiger charge is 2.16. The first-order valence-electron chi connectivity index (χ1n) is 7.61. The molecule has 25 heavy (non-hydrogen) atoms. The molecular weight excluding hydrogens is 324 g/mol. The third-order valence-electron chi connectivity index (χ3n) is 3.81. The Balaban J connectivity index is 1.83. The van der Waals surface area contributed by atoms with Crippen molar-refractivity contribution < 1.29 is 19.1 Å². The molecule has 0 bridgehead atoms. The van der Waals surface area contributed by atoms with Gasteiger partial charge in [0.1, 0.15) is 5.56 Å². The molecule has 0 aliphatic rings. The van der Waals surface area contributed by atoms with Crippen molar-refractivity contribution in [3.63, 3.8) is 0 Å². The van der Waals surface area contributed by atoms with Crippen molar-refractivity contribution >= 4 is 23.6 Å². The molecule has 3 amide bonds. The van der Waals surface area contributed by atoms with Crippen molar-refractivity contribution in [1.82, 2.24) is 15.1 Å². The van der Waals surface area contributed by atoms with Crippen LogP contribution in [0.5, 0.6) is 0 Å². The zero-order chi connectivity index (χ0) is 18.6. The van der Waals surface area contributed by atoms with E-state index in [2.05, 4.69) is 15.7 Å². The Bertz CT molecular complexity index is 826. The van der Waals surface area contributed by atoms with Gasteiger partial charge < -0.3 is 10.1 Å². The third kappa shape index (κ3) is 4.66.